The Hall–Kier alpha value is -1.42. The quantitative estimate of drug-likeness (QED) is 0.810. The van der Waals surface area contributed by atoms with Gasteiger partial charge in [0.25, 0.3) is 0 Å². The standard InChI is InChI=1S/C14H23N3O/c1-4-14(5-2,10-15)13(18)17-11(3)12-6-8-16-9-7-12/h6-9,11H,4-5,10,15H2,1-3H3,(H,17,18)/t11-/m0/s1. The Morgan fingerprint density at radius 1 is 1.39 bits per heavy atom. The fourth-order valence-electron chi connectivity index (χ4n) is 2.04. The summed E-state index contributed by atoms with van der Waals surface area (Å²) in [4.78, 5) is 16.3. The number of aromatic nitrogens is 1. The summed E-state index contributed by atoms with van der Waals surface area (Å²) < 4.78 is 0. The van der Waals surface area contributed by atoms with Crippen LogP contribution in [-0.4, -0.2) is 17.4 Å². The number of amides is 1. The van der Waals surface area contributed by atoms with Crippen molar-refractivity contribution in [1.29, 1.82) is 0 Å². The summed E-state index contributed by atoms with van der Waals surface area (Å²) in [5.74, 6) is 0.0410. The lowest BCUT2D eigenvalue weighted by Gasteiger charge is -2.30. The lowest BCUT2D eigenvalue weighted by atomic mass is 9.81. The third-order valence-electron chi connectivity index (χ3n) is 3.78. The van der Waals surface area contributed by atoms with Crippen molar-refractivity contribution in [3.8, 4) is 0 Å². The molecule has 4 nitrogen and oxygen atoms in total. The Morgan fingerprint density at radius 2 is 1.94 bits per heavy atom. The molecule has 0 aliphatic rings. The molecule has 1 heterocycles. The molecule has 1 atom stereocenters. The summed E-state index contributed by atoms with van der Waals surface area (Å²) in [5, 5.41) is 3.04. The van der Waals surface area contributed by atoms with Crippen LogP contribution in [0, 0.1) is 5.41 Å². The third-order valence-corrected chi connectivity index (χ3v) is 3.78. The lowest BCUT2D eigenvalue weighted by molar-refractivity contribution is -0.131. The van der Waals surface area contributed by atoms with Gasteiger partial charge >= 0.3 is 0 Å². The second kappa shape index (κ2) is 6.50. The van der Waals surface area contributed by atoms with E-state index in [9.17, 15) is 4.79 Å². The molecule has 0 bridgehead atoms. The maximum atomic E-state index is 12.3. The van der Waals surface area contributed by atoms with E-state index in [1.807, 2.05) is 32.9 Å². The molecular weight excluding hydrogens is 226 g/mol. The van der Waals surface area contributed by atoms with E-state index in [0.29, 0.717) is 6.54 Å². The Balaban J connectivity index is 2.75. The smallest absolute Gasteiger partial charge is 0.227 e. The summed E-state index contributed by atoms with van der Waals surface area (Å²) in [5.41, 5.74) is 6.38. The van der Waals surface area contributed by atoms with Crippen LogP contribution < -0.4 is 11.1 Å². The summed E-state index contributed by atoms with van der Waals surface area (Å²) in [6.45, 7) is 6.37. The fourth-order valence-corrected chi connectivity index (χ4v) is 2.04. The van der Waals surface area contributed by atoms with Gasteiger partial charge in [-0.05, 0) is 37.5 Å². The van der Waals surface area contributed by atoms with E-state index < -0.39 is 5.41 Å². The van der Waals surface area contributed by atoms with Crippen LogP contribution in [-0.2, 0) is 4.79 Å². The molecule has 0 saturated carbocycles. The zero-order valence-electron chi connectivity index (χ0n) is 11.4. The van der Waals surface area contributed by atoms with E-state index in [1.54, 1.807) is 12.4 Å². The molecule has 1 aromatic rings. The topological polar surface area (TPSA) is 68.0 Å². The first-order chi connectivity index (χ1) is 8.59. The number of carbonyl (C=O) groups is 1. The second-order valence-electron chi connectivity index (χ2n) is 4.67. The Kier molecular flexibility index (Phi) is 5.28. The summed E-state index contributed by atoms with van der Waals surface area (Å²) in [6.07, 6.45) is 4.98. The van der Waals surface area contributed by atoms with E-state index in [-0.39, 0.29) is 11.9 Å². The monoisotopic (exact) mass is 249 g/mol. The summed E-state index contributed by atoms with van der Waals surface area (Å²) in [6, 6.07) is 3.80. The predicted molar refractivity (Wildman–Crippen MR) is 72.9 cm³/mol. The van der Waals surface area contributed by atoms with E-state index in [1.165, 1.54) is 0 Å². The van der Waals surface area contributed by atoms with Crippen LogP contribution in [0.1, 0.15) is 45.2 Å². The maximum Gasteiger partial charge on any atom is 0.227 e. The highest BCUT2D eigenvalue weighted by molar-refractivity contribution is 5.83. The van der Waals surface area contributed by atoms with Crippen LogP contribution in [0.4, 0.5) is 0 Å². The molecule has 0 unspecified atom stereocenters. The van der Waals surface area contributed by atoms with Crippen molar-refractivity contribution in [2.45, 2.75) is 39.7 Å². The van der Waals surface area contributed by atoms with Gasteiger partial charge in [0, 0.05) is 18.9 Å². The van der Waals surface area contributed by atoms with Crippen molar-refractivity contribution in [2.24, 2.45) is 11.1 Å². The molecule has 0 saturated heterocycles. The molecule has 1 rings (SSSR count). The zero-order valence-corrected chi connectivity index (χ0v) is 11.4. The van der Waals surface area contributed by atoms with E-state index in [2.05, 4.69) is 10.3 Å². The van der Waals surface area contributed by atoms with E-state index in [4.69, 9.17) is 5.73 Å². The number of carbonyl (C=O) groups excluding carboxylic acids is 1. The molecule has 0 spiro atoms. The van der Waals surface area contributed by atoms with Crippen molar-refractivity contribution in [2.75, 3.05) is 6.54 Å². The van der Waals surface area contributed by atoms with E-state index in [0.717, 1.165) is 18.4 Å². The van der Waals surface area contributed by atoms with Crippen molar-refractivity contribution in [3.05, 3.63) is 30.1 Å². The average molecular weight is 249 g/mol. The van der Waals surface area contributed by atoms with Gasteiger partial charge in [-0.15, -0.1) is 0 Å². The maximum absolute atomic E-state index is 12.3. The van der Waals surface area contributed by atoms with Crippen molar-refractivity contribution >= 4 is 5.91 Å². The molecule has 3 N–H and O–H groups in total. The first-order valence-corrected chi connectivity index (χ1v) is 6.50. The van der Waals surface area contributed by atoms with Crippen molar-refractivity contribution in [3.63, 3.8) is 0 Å². The highest BCUT2D eigenvalue weighted by Gasteiger charge is 2.33. The van der Waals surface area contributed by atoms with Gasteiger partial charge in [-0.25, -0.2) is 0 Å². The first-order valence-electron chi connectivity index (χ1n) is 6.50. The third kappa shape index (κ3) is 3.07. The highest BCUT2D eigenvalue weighted by Crippen LogP contribution is 2.26. The molecule has 18 heavy (non-hydrogen) atoms. The van der Waals surface area contributed by atoms with Crippen molar-refractivity contribution in [1.82, 2.24) is 10.3 Å². The van der Waals surface area contributed by atoms with Gasteiger partial charge in [-0.2, -0.15) is 0 Å². The Bertz CT molecular complexity index is 366. The minimum absolute atomic E-state index is 0.0236. The molecule has 100 valence electrons. The first kappa shape index (κ1) is 14.6. The van der Waals surface area contributed by atoms with Crippen LogP contribution in [0.5, 0.6) is 0 Å². The summed E-state index contributed by atoms with van der Waals surface area (Å²) in [7, 11) is 0. The lowest BCUT2D eigenvalue weighted by Crippen LogP contribution is -2.46. The Labute approximate surface area is 109 Å². The zero-order chi connectivity index (χ0) is 13.6. The van der Waals surface area contributed by atoms with Gasteiger partial charge in [0.2, 0.25) is 5.91 Å². The molecule has 0 aliphatic carbocycles. The number of nitrogens with one attached hydrogen (secondary N) is 1. The van der Waals surface area contributed by atoms with Crippen LogP contribution in [0.15, 0.2) is 24.5 Å². The number of pyridine rings is 1. The van der Waals surface area contributed by atoms with Crippen LogP contribution >= 0.6 is 0 Å². The molecular formula is C14H23N3O. The fraction of sp³-hybridized carbons (Fsp3) is 0.571. The van der Waals surface area contributed by atoms with Gasteiger partial charge in [-0.1, -0.05) is 13.8 Å². The largest absolute Gasteiger partial charge is 0.349 e. The van der Waals surface area contributed by atoms with Gasteiger partial charge < -0.3 is 11.1 Å². The van der Waals surface area contributed by atoms with Gasteiger partial charge in [0.1, 0.15) is 0 Å². The van der Waals surface area contributed by atoms with Gasteiger partial charge in [0.05, 0.1) is 11.5 Å². The Morgan fingerprint density at radius 3 is 2.39 bits per heavy atom. The second-order valence-corrected chi connectivity index (χ2v) is 4.67. The number of rotatable bonds is 6. The van der Waals surface area contributed by atoms with Crippen LogP contribution in [0.25, 0.3) is 0 Å². The SMILES string of the molecule is CCC(CC)(CN)C(=O)N[C@@H](C)c1ccncc1. The number of hydrogen-bond donors (Lipinski definition) is 2. The molecule has 0 radical (unpaired) electrons. The van der Waals surface area contributed by atoms with Crippen LogP contribution in [0.3, 0.4) is 0 Å². The van der Waals surface area contributed by atoms with Crippen molar-refractivity contribution < 1.29 is 4.79 Å². The minimum atomic E-state index is -0.443. The van der Waals surface area contributed by atoms with Gasteiger partial charge in [0.15, 0.2) is 0 Å². The molecule has 1 amide bonds. The molecule has 4 heteroatoms. The average Bonchev–Trinajstić information content (AvgIpc) is 2.42. The highest BCUT2D eigenvalue weighted by atomic mass is 16.2. The molecule has 0 fully saturated rings. The normalized spacial score (nSPS) is 13.1. The number of nitrogens with zero attached hydrogens (tertiary/aromatic N) is 1. The summed E-state index contributed by atoms with van der Waals surface area (Å²) >= 11 is 0. The number of nitrogens with two attached hydrogens (primary N) is 1. The van der Waals surface area contributed by atoms with Gasteiger partial charge in [-0.3, -0.25) is 9.78 Å². The molecule has 0 aromatic carbocycles. The predicted octanol–water partition coefficient (Wildman–Crippen LogP) is 2.02. The van der Waals surface area contributed by atoms with Crippen LogP contribution in [0.2, 0.25) is 0 Å². The number of hydrogen-bond acceptors (Lipinski definition) is 3. The molecule has 0 aliphatic heterocycles. The van der Waals surface area contributed by atoms with E-state index >= 15 is 0 Å². The molecule has 1 aromatic heterocycles. The minimum Gasteiger partial charge on any atom is -0.349 e.